The summed E-state index contributed by atoms with van der Waals surface area (Å²) >= 11 is 6.32. The van der Waals surface area contributed by atoms with E-state index in [0.717, 1.165) is 27.8 Å². The number of carboxylic acid groups (broad SMARTS) is 1. The van der Waals surface area contributed by atoms with Crippen LogP contribution in [0, 0.1) is 0 Å². The predicted molar refractivity (Wildman–Crippen MR) is 198 cm³/mol. The largest absolute Gasteiger partial charge is 0.489 e. The molecule has 0 unspecified atom stereocenters. The second kappa shape index (κ2) is 14.5. The molecule has 0 atom stereocenters. The van der Waals surface area contributed by atoms with E-state index in [9.17, 15) is 4.79 Å². The van der Waals surface area contributed by atoms with Gasteiger partial charge in [-0.1, -0.05) is 150 Å². The third kappa shape index (κ3) is 8.76. The summed E-state index contributed by atoms with van der Waals surface area (Å²) in [5.41, 5.74) is 10.7. The zero-order valence-corrected chi connectivity index (χ0v) is 29.3. The van der Waals surface area contributed by atoms with E-state index >= 15 is 0 Å². The van der Waals surface area contributed by atoms with Crippen molar-refractivity contribution in [1.29, 1.82) is 0 Å². The Labute approximate surface area is 289 Å². The highest BCUT2D eigenvalue weighted by molar-refractivity contribution is 6.32. The van der Waals surface area contributed by atoms with Gasteiger partial charge in [0, 0.05) is 6.07 Å². The smallest absolute Gasteiger partial charge is 0.341 e. The summed E-state index contributed by atoms with van der Waals surface area (Å²) < 4.78 is 11.3. The molecule has 0 spiro atoms. The number of hydrogen-bond acceptors (Lipinski definition) is 3. The molecule has 0 radical (unpaired) electrons. The Morgan fingerprint density at radius 3 is 1.42 bits per heavy atom. The number of hydrogen-bond donors (Lipinski definition) is 1. The molecule has 4 nitrogen and oxygen atoms in total. The van der Waals surface area contributed by atoms with Crippen LogP contribution in [0.2, 0.25) is 5.02 Å². The molecule has 0 amide bonds. The van der Waals surface area contributed by atoms with Gasteiger partial charge in [-0.2, -0.15) is 0 Å². The highest BCUT2D eigenvalue weighted by Gasteiger charge is 2.15. The number of ether oxygens (including phenoxy) is 2. The maximum absolute atomic E-state index is 10.9. The van der Waals surface area contributed by atoms with Gasteiger partial charge in [0.15, 0.2) is 6.61 Å². The standard InChI is InChI=1S/C43H43ClO4/c1-42(2,3)35-19-15-31(16-20-35)29-7-11-33(12-8-29)38(25-26-47-37-23-24-40(39(44)27-37)48-28-41(45)46)34-13-9-30(10-14-34)32-17-21-36(22-18-32)43(4,5)6/h7-25,27H,26,28H2,1-6H3,(H,45,46). The van der Waals surface area contributed by atoms with Gasteiger partial charge in [-0.05, 0) is 79.1 Å². The first kappa shape index (κ1) is 34.5. The molecule has 5 aromatic rings. The summed E-state index contributed by atoms with van der Waals surface area (Å²) in [4.78, 5) is 10.9. The predicted octanol–water partition coefficient (Wildman–Crippen LogP) is 11.2. The Balaban J connectivity index is 1.41. The van der Waals surface area contributed by atoms with Crippen molar-refractivity contribution in [3.05, 3.63) is 149 Å². The van der Waals surface area contributed by atoms with E-state index in [-0.39, 0.29) is 15.9 Å². The number of rotatable bonds is 10. The average molecular weight is 659 g/mol. The lowest BCUT2D eigenvalue weighted by molar-refractivity contribution is -0.139. The Kier molecular flexibility index (Phi) is 10.5. The molecule has 5 heteroatoms. The van der Waals surface area contributed by atoms with Crippen molar-refractivity contribution in [3.8, 4) is 33.8 Å². The molecule has 0 aliphatic heterocycles. The Morgan fingerprint density at radius 1 is 0.625 bits per heavy atom. The molecular formula is C43H43ClO4. The first-order valence-electron chi connectivity index (χ1n) is 16.2. The number of carboxylic acids is 1. The summed E-state index contributed by atoms with van der Waals surface area (Å²) in [6.45, 7) is 13.2. The molecule has 0 fully saturated rings. The van der Waals surface area contributed by atoms with Crippen molar-refractivity contribution in [2.75, 3.05) is 13.2 Å². The maximum atomic E-state index is 10.9. The van der Waals surface area contributed by atoms with Crippen LogP contribution in [-0.4, -0.2) is 24.3 Å². The van der Waals surface area contributed by atoms with Crippen LogP contribution in [0.1, 0.15) is 63.8 Å². The minimum absolute atomic E-state index is 0.108. The Hall–Kier alpha value is -4.80. The van der Waals surface area contributed by atoms with Crippen molar-refractivity contribution in [1.82, 2.24) is 0 Å². The fraction of sp³-hybridized carbons (Fsp3) is 0.233. The summed E-state index contributed by atoms with van der Waals surface area (Å²) in [6, 6.07) is 39.8. The van der Waals surface area contributed by atoms with E-state index < -0.39 is 12.6 Å². The monoisotopic (exact) mass is 658 g/mol. The van der Waals surface area contributed by atoms with E-state index in [0.29, 0.717) is 18.1 Å². The summed E-state index contributed by atoms with van der Waals surface area (Å²) in [7, 11) is 0. The van der Waals surface area contributed by atoms with Gasteiger partial charge in [0.25, 0.3) is 0 Å². The number of carbonyl (C=O) groups is 1. The van der Waals surface area contributed by atoms with Crippen LogP contribution < -0.4 is 9.47 Å². The van der Waals surface area contributed by atoms with Gasteiger partial charge in [0.1, 0.15) is 18.1 Å². The molecule has 246 valence electrons. The molecule has 0 bridgehead atoms. The Morgan fingerprint density at radius 2 is 1.04 bits per heavy atom. The fourth-order valence-electron chi connectivity index (χ4n) is 5.46. The number of aliphatic carboxylic acids is 1. The lowest BCUT2D eigenvalue weighted by Crippen LogP contribution is -2.10. The molecule has 0 aromatic heterocycles. The zero-order chi connectivity index (χ0) is 34.5. The number of benzene rings is 5. The Bertz CT molecular complexity index is 1770. The van der Waals surface area contributed by atoms with Gasteiger partial charge in [-0.3, -0.25) is 0 Å². The van der Waals surface area contributed by atoms with Crippen LogP contribution in [0.15, 0.2) is 121 Å². The molecule has 0 aliphatic carbocycles. The lowest BCUT2D eigenvalue weighted by atomic mass is 9.86. The van der Waals surface area contributed by atoms with E-state index in [1.165, 1.54) is 22.3 Å². The molecular weight excluding hydrogens is 616 g/mol. The van der Waals surface area contributed by atoms with Crippen molar-refractivity contribution in [2.45, 2.75) is 52.4 Å². The molecule has 0 aliphatic rings. The van der Waals surface area contributed by atoms with E-state index in [4.69, 9.17) is 26.2 Å². The highest BCUT2D eigenvalue weighted by Crippen LogP contribution is 2.32. The van der Waals surface area contributed by atoms with Crippen molar-refractivity contribution in [3.63, 3.8) is 0 Å². The molecule has 5 aromatic carbocycles. The normalized spacial score (nSPS) is 11.6. The minimum atomic E-state index is -1.07. The quantitative estimate of drug-likeness (QED) is 0.162. The van der Waals surface area contributed by atoms with Crippen LogP contribution in [0.5, 0.6) is 11.5 Å². The van der Waals surface area contributed by atoms with Gasteiger partial charge in [0.2, 0.25) is 0 Å². The zero-order valence-electron chi connectivity index (χ0n) is 28.5. The van der Waals surface area contributed by atoms with E-state index in [1.807, 2.05) is 0 Å². The SMILES string of the molecule is CC(C)(C)c1ccc(-c2ccc(C(=CCOc3ccc(OCC(=O)O)c(Cl)c3)c3ccc(-c4ccc(C(C)(C)C)cc4)cc3)cc2)cc1. The fourth-order valence-corrected chi connectivity index (χ4v) is 5.69. The molecule has 0 saturated carbocycles. The van der Waals surface area contributed by atoms with Gasteiger partial charge in [-0.25, -0.2) is 4.79 Å². The third-order valence-electron chi connectivity index (χ3n) is 8.35. The van der Waals surface area contributed by atoms with Crippen LogP contribution in [0.4, 0.5) is 0 Å². The summed E-state index contributed by atoms with van der Waals surface area (Å²) in [5, 5.41) is 9.18. The van der Waals surface area contributed by atoms with E-state index in [2.05, 4.69) is 145 Å². The summed E-state index contributed by atoms with van der Waals surface area (Å²) in [5.74, 6) is -0.215. The number of halogens is 1. The first-order chi connectivity index (χ1) is 22.8. The van der Waals surface area contributed by atoms with Crippen LogP contribution in [0.25, 0.3) is 27.8 Å². The molecule has 1 N–H and O–H groups in total. The minimum Gasteiger partial charge on any atom is -0.489 e. The van der Waals surface area contributed by atoms with Gasteiger partial charge in [0.05, 0.1) is 5.02 Å². The van der Waals surface area contributed by atoms with Crippen molar-refractivity contribution >= 4 is 23.1 Å². The molecule has 0 heterocycles. The second-order valence-electron chi connectivity index (χ2n) is 14.0. The molecule has 0 saturated heterocycles. The topological polar surface area (TPSA) is 55.8 Å². The molecule has 5 rings (SSSR count). The van der Waals surface area contributed by atoms with Gasteiger partial charge < -0.3 is 14.6 Å². The van der Waals surface area contributed by atoms with Crippen LogP contribution >= 0.6 is 11.6 Å². The van der Waals surface area contributed by atoms with Crippen molar-refractivity contribution in [2.24, 2.45) is 0 Å². The average Bonchev–Trinajstić information content (AvgIpc) is 3.06. The van der Waals surface area contributed by atoms with Gasteiger partial charge in [-0.15, -0.1) is 0 Å². The van der Waals surface area contributed by atoms with E-state index in [1.54, 1.807) is 18.2 Å². The first-order valence-corrected chi connectivity index (χ1v) is 16.6. The molecule has 48 heavy (non-hydrogen) atoms. The third-order valence-corrected chi connectivity index (χ3v) is 8.65. The van der Waals surface area contributed by atoms with Gasteiger partial charge >= 0.3 is 5.97 Å². The second-order valence-corrected chi connectivity index (χ2v) is 14.4. The summed E-state index contributed by atoms with van der Waals surface area (Å²) in [6.07, 6.45) is 2.07. The lowest BCUT2D eigenvalue weighted by Gasteiger charge is -2.19. The maximum Gasteiger partial charge on any atom is 0.341 e. The highest BCUT2D eigenvalue weighted by atomic mass is 35.5. The van der Waals surface area contributed by atoms with Crippen LogP contribution in [-0.2, 0) is 15.6 Å². The van der Waals surface area contributed by atoms with Crippen LogP contribution in [0.3, 0.4) is 0 Å². The van der Waals surface area contributed by atoms with Crippen molar-refractivity contribution < 1.29 is 19.4 Å².